The van der Waals surface area contributed by atoms with Gasteiger partial charge in [0.2, 0.25) is 5.91 Å². The molecule has 0 spiro atoms. The zero-order valence-electron chi connectivity index (χ0n) is 14.7. The predicted octanol–water partition coefficient (Wildman–Crippen LogP) is 3.21. The van der Waals surface area contributed by atoms with Crippen LogP contribution in [-0.2, 0) is 9.59 Å². The number of likely N-dealkylation sites (N-methyl/N-ethyl adjacent to an activating group) is 1. The molecule has 6 nitrogen and oxygen atoms in total. The number of amides is 2. The molecular weight excluding hydrogens is 356 g/mol. The van der Waals surface area contributed by atoms with Gasteiger partial charge in [0.05, 0.1) is 13.2 Å². The molecular formula is C19H21ClN2O4. The molecule has 2 aromatic rings. The van der Waals surface area contributed by atoms with Crippen LogP contribution in [0.4, 0.5) is 5.69 Å². The zero-order chi connectivity index (χ0) is 18.9. The first kappa shape index (κ1) is 19.6. The van der Waals surface area contributed by atoms with Crippen molar-refractivity contribution in [2.45, 2.75) is 6.92 Å². The topological polar surface area (TPSA) is 67.9 Å². The Kier molecular flexibility index (Phi) is 7.29. The van der Waals surface area contributed by atoms with E-state index in [0.29, 0.717) is 28.8 Å². The van der Waals surface area contributed by atoms with Gasteiger partial charge in [-0.25, -0.2) is 0 Å². The van der Waals surface area contributed by atoms with Crippen LogP contribution < -0.4 is 14.8 Å². The van der Waals surface area contributed by atoms with Crippen molar-refractivity contribution in [1.29, 1.82) is 0 Å². The molecule has 2 aromatic carbocycles. The minimum absolute atomic E-state index is 0.0854. The second-order valence-electron chi connectivity index (χ2n) is 5.47. The van der Waals surface area contributed by atoms with E-state index in [1.54, 1.807) is 49.5 Å². The maximum absolute atomic E-state index is 12.2. The standard InChI is InChI=1S/C19H21ClN2O4/c1-3-25-16-6-4-5-7-17(16)26-13-19(24)22(2)12-18(23)21-15-10-8-14(20)9-11-15/h4-11H,3,12-13H2,1-2H3,(H,21,23). The largest absolute Gasteiger partial charge is 0.490 e. The summed E-state index contributed by atoms with van der Waals surface area (Å²) in [7, 11) is 1.54. The van der Waals surface area contributed by atoms with Crippen molar-refractivity contribution in [2.24, 2.45) is 0 Å². The van der Waals surface area contributed by atoms with Gasteiger partial charge in [-0.05, 0) is 43.3 Å². The number of carbonyl (C=O) groups is 2. The first-order valence-corrected chi connectivity index (χ1v) is 8.51. The molecule has 1 N–H and O–H groups in total. The summed E-state index contributed by atoms with van der Waals surface area (Å²) in [5, 5.41) is 3.29. The fourth-order valence-corrected chi connectivity index (χ4v) is 2.26. The third-order valence-electron chi connectivity index (χ3n) is 3.43. The maximum atomic E-state index is 12.2. The number of nitrogens with one attached hydrogen (secondary N) is 1. The van der Waals surface area contributed by atoms with Gasteiger partial charge in [-0.3, -0.25) is 9.59 Å². The Hall–Kier alpha value is -2.73. The van der Waals surface area contributed by atoms with Crippen molar-refractivity contribution >= 4 is 29.1 Å². The summed E-state index contributed by atoms with van der Waals surface area (Å²) in [5.41, 5.74) is 0.613. The van der Waals surface area contributed by atoms with Crippen LogP contribution in [0.3, 0.4) is 0 Å². The molecule has 0 radical (unpaired) electrons. The third-order valence-corrected chi connectivity index (χ3v) is 3.69. The monoisotopic (exact) mass is 376 g/mol. The van der Waals surface area contributed by atoms with E-state index < -0.39 is 0 Å². The van der Waals surface area contributed by atoms with Crippen LogP contribution in [0.2, 0.25) is 5.02 Å². The van der Waals surface area contributed by atoms with Crippen LogP contribution in [0.25, 0.3) is 0 Å². The molecule has 0 unspecified atom stereocenters. The minimum atomic E-state index is -0.317. The molecule has 0 heterocycles. The molecule has 2 rings (SSSR count). The van der Waals surface area contributed by atoms with Gasteiger partial charge in [-0.15, -0.1) is 0 Å². The molecule has 0 aliphatic rings. The van der Waals surface area contributed by atoms with Crippen LogP contribution in [0.15, 0.2) is 48.5 Å². The van der Waals surface area contributed by atoms with E-state index in [2.05, 4.69) is 5.32 Å². The summed E-state index contributed by atoms with van der Waals surface area (Å²) in [5.74, 6) is 0.438. The molecule has 0 saturated carbocycles. The molecule has 0 aliphatic carbocycles. The van der Waals surface area contributed by atoms with Crippen molar-refractivity contribution in [3.05, 3.63) is 53.6 Å². The molecule has 0 bridgehead atoms. The van der Waals surface area contributed by atoms with Gasteiger partial charge in [0.15, 0.2) is 18.1 Å². The first-order chi connectivity index (χ1) is 12.5. The normalized spacial score (nSPS) is 10.1. The highest BCUT2D eigenvalue weighted by Gasteiger charge is 2.15. The summed E-state index contributed by atoms with van der Waals surface area (Å²) < 4.78 is 11.0. The highest BCUT2D eigenvalue weighted by atomic mass is 35.5. The van der Waals surface area contributed by atoms with E-state index in [-0.39, 0.29) is 25.0 Å². The van der Waals surface area contributed by atoms with Gasteiger partial charge in [-0.1, -0.05) is 23.7 Å². The van der Waals surface area contributed by atoms with E-state index in [0.717, 1.165) is 0 Å². The molecule has 7 heteroatoms. The van der Waals surface area contributed by atoms with Crippen molar-refractivity contribution in [3.8, 4) is 11.5 Å². The molecule has 0 fully saturated rings. The summed E-state index contributed by atoms with van der Waals surface area (Å²) in [6.45, 7) is 2.10. The SMILES string of the molecule is CCOc1ccccc1OCC(=O)N(C)CC(=O)Nc1ccc(Cl)cc1. The van der Waals surface area contributed by atoms with Crippen LogP contribution in [0.5, 0.6) is 11.5 Å². The summed E-state index contributed by atoms with van der Waals surface area (Å²) >= 11 is 5.80. The lowest BCUT2D eigenvalue weighted by atomic mass is 10.3. The molecule has 2 amide bonds. The lowest BCUT2D eigenvalue weighted by molar-refractivity contribution is -0.135. The van der Waals surface area contributed by atoms with Crippen molar-refractivity contribution < 1.29 is 19.1 Å². The van der Waals surface area contributed by atoms with Gasteiger partial charge in [0.1, 0.15) is 0 Å². The smallest absolute Gasteiger partial charge is 0.260 e. The highest BCUT2D eigenvalue weighted by molar-refractivity contribution is 6.30. The number of rotatable bonds is 8. The maximum Gasteiger partial charge on any atom is 0.260 e. The number of carbonyl (C=O) groups excluding carboxylic acids is 2. The number of anilines is 1. The van der Waals surface area contributed by atoms with Crippen LogP contribution in [-0.4, -0.2) is 43.5 Å². The number of benzene rings is 2. The Morgan fingerprint density at radius 2 is 1.65 bits per heavy atom. The average molecular weight is 377 g/mol. The Balaban J connectivity index is 1.83. The third kappa shape index (κ3) is 5.97. The average Bonchev–Trinajstić information content (AvgIpc) is 2.62. The zero-order valence-corrected chi connectivity index (χ0v) is 15.5. The molecule has 0 aliphatic heterocycles. The number of hydrogen-bond acceptors (Lipinski definition) is 4. The number of ether oxygens (including phenoxy) is 2. The summed E-state index contributed by atoms with van der Waals surface area (Å²) in [6, 6.07) is 13.9. The molecule has 0 atom stereocenters. The fourth-order valence-electron chi connectivity index (χ4n) is 2.13. The molecule has 0 saturated heterocycles. The van der Waals surface area contributed by atoms with E-state index in [1.807, 2.05) is 13.0 Å². The van der Waals surface area contributed by atoms with Crippen molar-refractivity contribution in [3.63, 3.8) is 0 Å². The Bertz CT molecular complexity index is 749. The van der Waals surface area contributed by atoms with Crippen molar-refractivity contribution in [2.75, 3.05) is 32.1 Å². The Morgan fingerprint density at radius 1 is 1.04 bits per heavy atom. The van der Waals surface area contributed by atoms with Gasteiger partial charge in [0, 0.05) is 17.8 Å². The van der Waals surface area contributed by atoms with Crippen molar-refractivity contribution in [1.82, 2.24) is 4.90 Å². The van der Waals surface area contributed by atoms with Gasteiger partial charge in [0.25, 0.3) is 5.91 Å². The van der Waals surface area contributed by atoms with Gasteiger partial charge >= 0.3 is 0 Å². The number of para-hydroxylation sites is 2. The van der Waals surface area contributed by atoms with Crippen LogP contribution >= 0.6 is 11.6 Å². The highest BCUT2D eigenvalue weighted by Crippen LogP contribution is 2.26. The summed E-state index contributed by atoms with van der Waals surface area (Å²) in [4.78, 5) is 25.5. The number of nitrogens with zero attached hydrogens (tertiary/aromatic N) is 1. The van der Waals surface area contributed by atoms with Crippen LogP contribution in [0.1, 0.15) is 6.92 Å². The van der Waals surface area contributed by atoms with E-state index in [9.17, 15) is 9.59 Å². The lowest BCUT2D eigenvalue weighted by Gasteiger charge is -2.18. The molecule has 0 aromatic heterocycles. The number of halogens is 1. The van der Waals surface area contributed by atoms with E-state index >= 15 is 0 Å². The minimum Gasteiger partial charge on any atom is -0.490 e. The van der Waals surface area contributed by atoms with Crippen LogP contribution in [0, 0.1) is 0 Å². The predicted molar refractivity (Wildman–Crippen MR) is 101 cm³/mol. The second-order valence-corrected chi connectivity index (χ2v) is 5.91. The second kappa shape index (κ2) is 9.68. The first-order valence-electron chi connectivity index (χ1n) is 8.13. The summed E-state index contributed by atoms with van der Waals surface area (Å²) in [6.07, 6.45) is 0. The molecule has 26 heavy (non-hydrogen) atoms. The van der Waals surface area contributed by atoms with Gasteiger partial charge < -0.3 is 19.7 Å². The Morgan fingerprint density at radius 3 is 2.27 bits per heavy atom. The quantitative estimate of drug-likeness (QED) is 0.768. The van der Waals surface area contributed by atoms with E-state index in [1.165, 1.54) is 4.90 Å². The number of hydrogen-bond donors (Lipinski definition) is 1. The fraction of sp³-hybridized carbons (Fsp3) is 0.263. The lowest BCUT2D eigenvalue weighted by Crippen LogP contribution is -2.37. The Labute approximate surface area is 157 Å². The van der Waals surface area contributed by atoms with Gasteiger partial charge in [-0.2, -0.15) is 0 Å². The molecule has 138 valence electrons. The van der Waals surface area contributed by atoms with E-state index in [4.69, 9.17) is 21.1 Å².